The average Bonchev–Trinajstić information content (AvgIpc) is 3.00. The molecule has 1 fully saturated rings. The molecule has 1 aliphatic rings. The van der Waals surface area contributed by atoms with Gasteiger partial charge in [0.05, 0.1) is 0 Å². The number of anilines is 2. The number of carbonyl (C=O) groups excluding carboxylic acids is 2. The van der Waals surface area contributed by atoms with Crippen molar-refractivity contribution in [3.63, 3.8) is 0 Å². The van der Waals surface area contributed by atoms with E-state index >= 15 is 0 Å². The third-order valence-electron chi connectivity index (χ3n) is 4.40. The molecule has 0 saturated carbocycles. The van der Waals surface area contributed by atoms with E-state index in [0.717, 1.165) is 35.5 Å². The monoisotopic (exact) mass is 356 g/mol. The molecular formula is C20H21ClN2O2. The number of amides is 2. The highest BCUT2D eigenvalue weighted by Crippen LogP contribution is 2.27. The van der Waals surface area contributed by atoms with E-state index < -0.39 is 0 Å². The highest BCUT2D eigenvalue weighted by atomic mass is 35.5. The summed E-state index contributed by atoms with van der Waals surface area (Å²) in [6.45, 7) is 2.73. The van der Waals surface area contributed by atoms with Crippen LogP contribution < -0.4 is 10.2 Å². The third kappa shape index (κ3) is 4.40. The normalized spacial score (nSPS) is 14.0. The Morgan fingerprint density at radius 3 is 2.60 bits per heavy atom. The smallest absolute Gasteiger partial charge is 0.227 e. The number of rotatable bonds is 5. The first kappa shape index (κ1) is 17.5. The molecule has 0 aromatic heterocycles. The molecule has 1 heterocycles. The minimum absolute atomic E-state index is 0.0284. The maximum atomic E-state index is 12.2. The van der Waals surface area contributed by atoms with Crippen molar-refractivity contribution in [3.05, 3.63) is 58.6 Å². The molecule has 0 unspecified atom stereocenters. The highest BCUT2D eigenvalue weighted by Gasteiger charge is 2.22. The standard InChI is InChI=1S/C20H21ClN2O2/c1-14-13-17(9-10-18(14)23-12-2-3-20(23)25)22-19(24)11-6-15-4-7-16(21)8-5-15/h4-5,7-10,13H,2-3,6,11-12H2,1H3,(H,22,24). The van der Waals surface area contributed by atoms with Crippen molar-refractivity contribution in [2.45, 2.75) is 32.6 Å². The molecule has 2 aromatic carbocycles. The lowest BCUT2D eigenvalue weighted by Gasteiger charge is -2.19. The first-order chi connectivity index (χ1) is 12.0. The van der Waals surface area contributed by atoms with Gasteiger partial charge in [0.25, 0.3) is 0 Å². The van der Waals surface area contributed by atoms with Gasteiger partial charge in [0, 0.05) is 35.8 Å². The zero-order chi connectivity index (χ0) is 17.8. The lowest BCUT2D eigenvalue weighted by Crippen LogP contribution is -2.24. The van der Waals surface area contributed by atoms with Gasteiger partial charge in [-0.1, -0.05) is 23.7 Å². The molecule has 4 nitrogen and oxygen atoms in total. The van der Waals surface area contributed by atoms with Crippen LogP contribution in [0.1, 0.15) is 30.4 Å². The number of nitrogens with one attached hydrogen (secondary N) is 1. The molecular weight excluding hydrogens is 336 g/mol. The van der Waals surface area contributed by atoms with Crippen LogP contribution in [0.15, 0.2) is 42.5 Å². The third-order valence-corrected chi connectivity index (χ3v) is 4.65. The van der Waals surface area contributed by atoms with Crippen molar-refractivity contribution in [1.82, 2.24) is 0 Å². The van der Waals surface area contributed by atoms with Crippen LogP contribution in [0.25, 0.3) is 0 Å². The Balaban J connectivity index is 1.58. The molecule has 0 atom stereocenters. The summed E-state index contributed by atoms with van der Waals surface area (Å²) in [7, 11) is 0. The molecule has 2 aromatic rings. The summed E-state index contributed by atoms with van der Waals surface area (Å²) in [4.78, 5) is 25.9. The molecule has 25 heavy (non-hydrogen) atoms. The van der Waals surface area contributed by atoms with Crippen LogP contribution in [0.5, 0.6) is 0 Å². The van der Waals surface area contributed by atoms with Gasteiger partial charge in [0.2, 0.25) is 11.8 Å². The van der Waals surface area contributed by atoms with Crippen LogP contribution in [0.4, 0.5) is 11.4 Å². The molecule has 1 saturated heterocycles. The van der Waals surface area contributed by atoms with Gasteiger partial charge in [-0.3, -0.25) is 9.59 Å². The van der Waals surface area contributed by atoms with E-state index in [1.807, 2.05) is 54.3 Å². The maximum Gasteiger partial charge on any atom is 0.227 e. The summed E-state index contributed by atoms with van der Waals surface area (Å²) < 4.78 is 0. The van der Waals surface area contributed by atoms with Crippen LogP contribution in [-0.4, -0.2) is 18.4 Å². The van der Waals surface area contributed by atoms with Gasteiger partial charge >= 0.3 is 0 Å². The Hall–Kier alpha value is -2.33. The summed E-state index contributed by atoms with van der Waals surface area (Å²) in [5.41, 5.74) is 3.76. The van der Waals surface area contributed by atoms with Crippen molar-refractivity contribution in [1.29, 1.82) is 0 Å². The van der Waals surface area contributed by atoms with Crippen LogP contribution in [0, 0.1) is 6.92 Å². The topological polar surface area (TPSA) is 49.4 Å². The van der Waals surface area contributed by atoms with E-state index in [9.17, 15) is 9.59 Å². The molecule has 0 aliphatic carbocycles. The number of nitrogens with zero attached hydrogens (tertiary/aromatic N) is 1. The summed E-state index contributed by atoms with van der Waals surface area (Å²) in [5.74, 6) is 0.141. The predicted octanol–water partition coefficient (Wildman–Crippen LogP) is 4.35. The van der Waals surface area contributed by atoms with Crippen molar-refractivity contribution in [3.8, 4) is 0 Å². The quantitative estimate of drug-likeness (QED) is 0.866. The first-order valence-corrected chi connectivity index (χ1v) is 8.86. The van der Waals surface area contributed by atoms with E-state index in [1.54, 1.807) is 0 Å². The minimum Gasteiger partial charge on any atom is -0.326 e. The summed E-state index contributed by atoms with van der Waals surface area (Å²) in [5, 5.41) is 3.62. The molecule has 1 N–H and O–H groups in total. The zero-order valence-electron chi connectivity index (χ0n) is 14.2. The second-order valence-electron chi connectivity index (χ2n) is 6.32. The van der Waals surface area contributed by atoms with Crippen molar-refractivity contribution >= 4 is 34.8 Å². The van der Waals surface area contributed by atoms with Crippen LogP contribution in [0.3, 0.4) is 0 Å². The Kier molecular flexibility index (Phi) is 5.39. The molecule has 2 amide bonds. The van der Waals surface area contributed by atoms with Crippen LogP contribution >= 0.6 is 11.6 Å². The molecule has 0 radical (unpaired) electrons. The van der Waals surface area contributed by atoms with Gasteiger partial charge < -0.3 is 10.2 Å². The maximum absolute atomic E-state index is 12.2. The fraction of sp³-hybridized carbons (Fsp3) is 0.300. The largest absolute Gasteiger partial charge is 0.326 e. The van der Waals surface area contributed by atoms with Gasteiger partial charge in [0.1, 0.15) is 0 Å². The van der Waals surface area contributed by atoms with E-state index in [-0.39, 0.29) is 11.8 Å². The number of aryl methyl sites for hydroxylation is 2. The SMILES string of the molecule is Cc1cc(NC(=O)CCc2ccc(Cl)cc2)ccc1N1CCCC1=O. The minimum atomic E-state index is -0.0284. The second-order valence-corrected chi connectivity index (χ2v) is 6.76. The number of halogens is 1. The molecule has 5 heteroatoms. The Morgan fingerprint density at radius 1 is 1.20 bits per heavy atom. The van der Waals surface area contributed by atoms with E-state index in [0.29, 0.717) is 24.3 Å². The van der Waals surface area contributed by atoms with Gasteiger partial charge in [-0.2, -0.15) is 0 Å². The van der Waals surface area contributed by atoms with Gasteiger partial charge in [-0.05, 0) is 61.2 Å². The van der Waals surface area contributed by atoms with E-state index in [1.165, 1.54) is 0 Å². The number of benzene rings is 2. The lowest BCUT2D eigenvalue weighted by molar-refractivity contribution is -0.117. The van der Waals surface area contributed by atoms with Gasteiger partial charge in [-0.25, -0.2) is 0 Å². The van der Waals surface area contributed by atoms with Gasteiger partial charge in [-0.15, -0.1) is 0 Å². The first-order valence-electron chi connectivity index (χ1n) is 8.48. The lowest BCUT2D eigenvalue weighted by atomic mass is 10.1. The van der Waals surface area contributed by atoms with E-state index in [2.05, 4.69) is 5.32 Å². The Labute approximate surface area is 152 Å². The number of carbonyl (C=O) groups is 2. The summed E-state index contributed by atoms with van der Waals surface area (Å²) >= 11 is 5.86. The molecule has 0 spiro atoms. The highest BCUT2D eigenvalue weighted by molar-refractivity contribution is 6.30. The molecule has 3 rings (SSSR count). The number of hydrogen-bond donors (Lipinski definition) is 1. The molecule has 1 aliphatic heterocycles. The fourth-order valence-electron chi connectivity index (χ4n) is 3.07. The number of hydrogen-bond acceptors (Lipinski definition) is 2. The van der Waals surface area contributed by atoms with Crippen molar-refractivity contribution in [2.24, 2.45) is 0 Å². The summed E-state index contributed by atoms with van der Waals surface area (Å²) in [6.07, 6.45) is 2.60. The second kappa shape index (κ2) is 7.70. The predicted molar refractivity (Wildman–Crippen MR) is 101 cm³/mol. The van der Waals surface area contributed by atoms with Crippen molar-refractivity contribution in [2.75, 3.05) is 16.8 Å². The fourth-order valence-corrected chi connectivity index (χ4v) is 3.20. The van der Waals surface area contributed by atoms with Crippen LogP contribution in [-0.2, 0) is 16.0 Å². The van der Waals surface area contributed by atoms with Crippen LogP contribution in [0.2, 0.25) is 5.02 Å². The average molecular weight is 357 g/mol. The summed E-state index contributed by atoms with van der Waals surface area (Å²) in [6, 6.07) is 13.2. The van der Waals surface area contributed by atoms with Crippen molar-refractivity contribution < 1.29 is 9.59 Å². The zero-order valence-corrected chi connectivity index (χ0v) is 15.0. The molecule has 130 valence electrons. The Morgan fingerprint density at radius 2 is 1.96 bits per heavy atom. The Bertz CT molecular complexity index is 787. The molecule has 0 bridgehead atoms. The van der Waals surface area contributed by atoms with E-state index in [4.69, 9.17) is 11.6 Å². The van der Waals surface area contributed by atoms with Gasteiger partial charge in [0.15, 0.2) is 0 Å².